The maximum Gasteiger partial charge on any atom is 0.197 e. The van der Waals surface area contributed by atoms with E-state index in [4.69, 9.17) is 4.74 Å². The Kier molecular flexibility index (Phi) is 13.4. The van der Waals surface area contributed by atoms with E-state index in [0.717, 1.165) is 75.5 Å². The molecule has 282 valence electrons. The number of rotatable bonds is 8. The van der Waals surface area contributed by atoms with Crippen molar-refractivity contribution in [1.82, 2.24) is 9.80 Å². The van der Waals surface area contributed by atoms with Crippen molar-refractivity contribution >= 4 is 17.1 Å². The van der Waals surface area contributed by atoms with Gasteiger partial charge in [0.1, 0.15) is 17.7 Å². The molecule has 3 heterocycles. The summed E-state index contributed by atoms with van der Waals surface area (Å²) in [6.45, 7) is 15.9. The van der Waals surface area contributed by atoms with Gasteiger partial charge >= 0.3 is 0 Å². The molecule has 0 bridgehead atoms. The molecule has 1 saturated carbocycles. The van der Waals surface area contributed by atoms with Crippen LogP contribution in [0.5, 0.6) is 5.75 Å². The van der Waals surface area contributed by atoms with Crippen molar-refractivity contribution in [1.29, 1.82) is 0 Å². The summed E-state index contributed by atoms with van der Waals surface area (Å²) in [7, 11) is 1.71. The average molecular weight is 715 g/mol. The molecule has 0 radical (unpaired) electrons. The van der Waals surface area contributed by atoms with Crippen molar-refractivity contribution in [2.45, 2.75) is 97.8 Å². The Hall–Kier alpha value is -3.89. The van der Waals surface area contributed by atoms with Crippen LogP contribution in [0.15, 0.2) is 90.4 Å². The molecule has 3 aromatic carbocycles. The number of nitrogens with zero attached hydrogens (tertiary/aromatic N) is 4. The predicted octanol–water partition coefficient (Wildman–Crippen LogP) is 8.38. The lowest BCUT2D eigenvalue weighted by Gasteiger charge is -2.45. The monoisotopic (exact) mass is 714 g/mol. The van der Waals surface area contributed by atoms with Gasteiger partial charge in [-0.2, -0.15) is 10.4 Å². The number of benzene rings is 3. The highest BCUT2D eigenvalue weighted by molar-refractivity contribution is 5.64. The van der Waals surface area contributed by atoms with Gasteiger partial charge in [0.05, 0.1) is 7.11 Å². The number of hydrogen-bond acceptors (Lipinski definition) is 7. The summed E-state index contributed by atoms with van der Waals surface area (Å²) in [5.41, 5.74) is 9.31. The van der Waals surface area contributed by atoms with Crippen LogP contribution in [0.4, 0.5) is 21.5 Å². The van der Waals surface area contributed by atoms with Gasteiger partial charge in [0.15, 0.2) is 5.69 Å². The molecule has 4 aliphatic rings. The lowest BCUT2D eigenvalue weighted by Crippen LogP contribution is -3.01. The lowest BCUT2D eigenvalue weighted by molar-refractivity contribution is -1.19. The second kappa shape index (κ2) is 17.8. The maximum absolute atomic E-state index is 15.5. The topological polar surface area (TPSA) is 67.1 Å². The fourth-order valence-electron chi connectivity index (χ4n) is 8.30. The molecule has 2 atom stereocenters. The van der Waals surface area contributed by atoms with Gasteiger partial charge in [0.25, 0.3) is 0 Å². The molecule has 7 rings (SSSR count). The number of allylic oxidation sites excluding steroid dienone is 1. The zero-order valence-corrected chi connectivity index (χ0v) is 31.0. The standard InChI is InChI=1S/C40H50FN5O3.C2H6.CH4/c1-28-25-35(42-21-17-33(18-22-42)43-23-19-37(38(41)27-43)31-9-11-34(12-10-31)46(47)48)13-16-39(28)44-24-20-40(32-5-4-6-32)45(29(44)2)26-30-7-14-36(49-3)15-8-30;1-2;/h7-16,25,33,37-38,47-48H,2,4-6,17-24,26-27H2,1,3H3;1-2H3;1H4/p+1. The number of hydrogen-bond donors (Lipinski definition) is 3. The summed E-state index contributed by atoms with van der Waals surface area (Å²) < 4.78 is 20.9. The smallest absolute Gasteiger partial charge is 0.197 e. The first-order valence-electron chi connectivity index (χ1n) is 19.0. The third-order valence-electron chi connectivity index (χ3n) is 11.4. The third-order valence-corrected chi connectivity index (χ3v) is 11.4. The van der Waals surface area contributed by atoms with E-state index >= 15 is 4.39 Å². The van der Waals surface area contributed by atoms with Crippen LogP contribution in [-0.2, 0) is 6.54 Å². The van der Waals surface area contributed by atoms with Gasteiger partial charge in [-0.3, -0.25) is 4.90 Å². The number of methoxy groups -OCH3 is 1. The summed E-state index contributed by atoms with van der Waals surface area (Å²) >= 11 is 0. The van der Waals surface area contributed by atoms with E-state index < -0.39 is 11.4 Å². The zero-order chi connectivity index (χ0) is 36.1. The van der Waals surface area contributed by atoms with E-state index in [1.165, 1.54) is 47.5 Å². The van der Waals surface area contributed by atoms with Crippen molar-refractivity contribution in [3.8, 4) is 5.75 Å². The first kappa shape index (κ1) is 39.3. The van der Waals surface area contributed by atoms with Gasteiger partial charge in [0, 0.05) is 80.3 Å². The molecule has 9 heteroatoms. The fourth-order valence-corrected chi connectivity index (χ4v) is 8.30. The molecule has 0 spiro atoms. The summed E-state index contributed by atoms with van der Waals surface area (Å²) in [6.07, 6.45) is 6.60. The number of ether oxygens (including phenoxy) is 1. The van der Waals surface area contributed by atoms with Gasteiger partial charge in [-0.1, -0.05) is 57.7 Å². The van der Waals surface area contributed by atoms with E-state index in [0.29, 0.717) is 18.3 Å². The summed E-state index contributed by atoms with van der Waals surface area (Å²) in [6, 6.07) is 22.6. The first-order valence-corrected chi connectivity index (χ1v) is 19.0. The third kappa shape index (κ3) is 8.49. The largest absolute Gasteiger partial charge is 0.497 e. The maximum atomic E-state index is 15.5. The van der Waals surface area contributed by atoms with E-state index in [2.05, 4.69) is 63.4 Å². The molecule has 3 aliphatic heterocycles. The average Bonchev–Trinajstić information content (AvgIpc) is 3.14. The molecule has 3 N–H and O–H groups in total. The number of quaternary nitrogens is 1. The molecule has 52 heavy (non-hydrogen) atoms. The molecule has 3 saturated heterocycles. The van der Waals surface area contributed by atoms with E-state index in [1.54, 1.807) is 24.8 Å². The first-order chi connectivity index (χ1) is 24.8. The minimum atomic E-state index is -0.933. The molecule has 0 aromatic heterocycles. The SMILES string of the molecule is C.C=C1N(Cc2ccc(OC)cc2)C(=C2CCC2)CCN1c1ccc(N2CCC(N3CCC(c4ccc([NH+](O)O)cc4)C(F)C3)CC2)cc1C.CC. The molecule has 2 unspecified atom stereocenters. The number of anilines is 2. The lowest BCUT2D eigenvalue weighted by atomic mass is 9.86. The van der Waals surface area contributed by atoms with Crippen LogP contribution in [0.1, 0.15) is 88.8 Å². The van der Waals surface area contributed by atoms with Gasteiger partial charge in [0.2, 0.25) is 0 Å². The highest BCUT2D eigenvalue weighted by Gasteiger charge is 2.35. The zero-order valence-electron chi connectivity index (χ0n) is 31.0. The number of halogens is 1. The fraction of sp³-hybridized carbons (Fsp3) is 0.488. The van der Waals surface area contributed by atoms with Gasteiger partial charge in [-0.15, -0.1) is 0 Å². The number of alkyl halides is 1. The van der Waals surface area contributed by atoms with Gasteiger partial charge in [-0.25, -0.2) is 4.39 Å². The second-order valence-electron chi connectivity index (χ2n) is 14.2. The van der Waals surface area contributed by atoms with Crippen LogP contribution >= 0.6 is 0 Å². The van der Waals surface area contributed by atoms with Crippen molar-refractivity contribution in [3.63, 3.8) is 0 Å². The number of likely N-dealkylation sites (tertiary alicyclic amines) is 1. The van der Waals surface area contributed by atoms with Crippen LogP contribution in [0.3, 0.4) is 0 Å². The minimum absolute atomic E-state index is 0. The molecular weight excluding hydrogens is 654 g/mol. The minimum Gasteiger partial charge on any atom is -0.497 e. The Morgan fingerprint density at radius 3 is 2.15 bits per heavy atom. The molecule has 3 aromatic rings. The normalized spacial score (nSPS) is 21.4. The van der Waals surface area contributed by atoms with E-state index in [9.17, 15) is 10.4 Å². The molecule has 1 aliphatic carbocycles. The molecule has 4 fully saturated rings. The van der Waals surface area contributed by atoms with E-state index in [1.807, 2.05) is 38.1 Å². The Morgan fingerprint density at radius 2 is 1.58 bits per heavy atom. The Bertz CT molecular complexity index is 1650. The van der Waals surface area contributed by atoms with Crippen LogP contribution in [0.25, 0.3) is 0 Å². The van der Waals surface area contributed by atoms with Crippen LogP contribution in [-0.4, -0.2) is 72.3 Å². The molecular formula is C43H61FN5O3+. The van der Waals surface area contributed by atoms with Gasteiger partial charge in [-0.05, 0) is 104 Å². The van der Waals surface area contributed by atoms with Crippen molar-refractivity contribution < 1.29 is 24.8 Å². The molecule has 0 amide bonds. The quantitative estimate of drug-likeness (QED) is 0.203. The number of nitrogens with one attached hydrogen (secondary N) is 1. The summed E-state index contributed by atoms with van der Waals surface area (Å²) in [5.74, 6) is 1.77. The Balaban J connectivity index is 0.00000171. The predicted molar refractivity (Wildman–Crippen MR) is 209 cm³/mol. The number of aryl methyl sites for hydroxylation is 1. The summed E-state index contributed by atoms with van der Waals surface area (Å²) in [4.78, 5) is 9.70. The highest BCUT2D eigenvalue weighted by atomic mass is 19.1. The number of piperidine rings is 2. The van der Waals surface area contributed by atoms with Crippen molar-refractivity contribution in [2.24, 2.45) is 0 Å². The van der Waals surface area contributed by atoms with Crippen molar-refractivity contribution in [3.05, 3.63) is 107 Å². The molecule has 8 nitrogen and oxygen atoms in total. The van der Waals surface area contributed by atoms with Crippen LogP contribution in [0, 0.1) is 6.92 Å². The van der Waals surface area contributed by atoms with E-state index in [-0.39, 0.29) is 13.3 Å². The Morgan fingerprint density at radius 1 is 0.885 bits per heavy atom. The van der Waals surface area contributed by atoms with Crippen LogP contribution in [0.2, 0.25) is 0 Å². The highest BCUT2D eigenvalue weighted by Crippen LogP contribution is 2.40. The Labute approximate surface area is 311 Å². The van der Waals surface area contributed by atoms with Crippen LogP contribution < -0.4 is 19.8 Å². The van der Waals surface area contributed by atoms with Gasteiger partial charge < -0.3 is 19.4 Å². The van der Waals surface area contributed by atoms with Crippen molar-refractivity contribution in [2.75, 3.05) is 49.6 Å². The summed E-state index contributed by atoms with van der Waals surface area (Å²) in [5, 5.41) is 17.9. The second-order valence-corrected chi connectivity index (χ2v) is 14.2.